The first-order valence-corrected chi connectivity index (χ1v) is 9.56. The molecule has 1 N–H and O–H groups in total. The SMILES string of the molecule is CCc1ccc(OCC(=O)Nc2cccc(C(=O)N3CCCCC3)c2)cc1. The lowest BCUT2D eigenvalue weighted by molar-refractivity contribution is -0.118. The summed E-state index contributed by atoms with van der Waals surface area (Å²) in [5, 5.41) is 2.80. The second kappa shape index (κ2) is 9.21. The molecule has 0 radical (unpaired) electrons. The Labute approximate surface area is 160 Å². The molecule has 2 aromatic rings. The minimum Gasteiger partial charge on any atom is -0.484 e. The van der Waals surface area contributed by atoms with Gasteiger partial charge in [-0.3, -0.25) is 9.59 Å². The molecule has 0 bridgehead atoms. The van der Waals surface area contributed by atoms with Crippen molar-refractivity contribution in [2.24, 2.45) is 0 Å². The van der Waals surface area contributed by atoms with E-state index in [0.717, 1.165) is 32.4 Å². The van der Waals surface area contributed by atoms with E-state index in [1.807, 2.05) is 29.2 Å². The predicted octanol–water partition coefficient (Wildman–Crippen LogP) is 3.89. The van der Waals surface area contributed by atoms with Gasteiger partial charge in [0.2, 0.25) is 0 Å². The number of amides is 2. The van der Waals surface area contributed by atoms with Crippen LogP contribution in [-0.4, -0.2) is 36.4 Å². The standard InChI is InChI=1S/C22H26N2O3/c1-2-17-9-11-20(12-10-17)27-16-21(25)23-19-8-6-7-18(15-19)22(26)24-13-4-3-5-14-24/h6-12,15H,2-5,13-14,16H2,1H3,(H,23,25). The molecule has 3 rings (SSSR count). The van der Waals surface area contributed by atoms with E-state index in [1.165, 1.54) is 12.0 Å². The van der Waals surface area contributed by atoms with Crippen molar-refractivity contribution in [1.29, 1.82) is 0 Å². The van der Waals surface area contributed by atoms with E-state index in [4.69, 9.17) is 4.74 Å². The van der Waals surface area contributed by atoms with Crippen LogP contribution in [0.4, 0.5) is 5.69 Å². The molecule has 27 heavy (non-hydrogen) atoms. The highest BCUT2D eigenvalue weighted by molar-refractivity contribution is 5.97. The topological polar surface area (TPSA) is 58.6 Å². The number of carbonyl (C=O) groups is 2. The van der Waals surface area contributed by atoms with Gasteiger partial charge in [-0.2, -0.15) is 0 Å². The van der Waals surface area contributed by atoms with Crippen molar-refractivity contribution in [3.63, 3.8) is 0 Å². The van der Waals surface area contributed by atoms with Gasteiger partial charge in [0.15, 0.2) is 6.61 Å². The minimum absolute atomic E-state index is 0.0260. The van der Waals surface area contributed by atoms with E-state index in [-0.39, 0.29) is 18.4 Å². The van der Waals surface area contributed by atoms with Crippen molar-refractivity contribution < 1.29 is 14.3 Å². The minimum atomic E-state index is -0.253. The molecule has 1 saturated heterocycles. The second-order valence-corrected chi connectivity index (χ2v) is 6.77. The van der Waals surface area contributed by atoms with Gasteiger partial charge in [-0.25, -0.2) is 0 Å². The highest BCUT2D eigenvalue weighted by Crippen LogP contribution is 2.17. The molecule has 5 heteroatoms. The average Bonchev–Trinajstić information content (AvgIpc) is 2.73. The number of carbonyl (C=O) groups excluding carboxylic acids is 2. The van der Waals surface area contributed by atoms with Crippen LogP contribution < -0.4 is 10.1 Å². The fourth-order valence-corrected chi connectivity index (χ4v) is 3.18. The number of nitrogens with one attached hydrogen (secondary N) is 1. The van der Waals surface area contributed by atoms with Crippen molar-refractivity contribution in [1.82, 2.24) is 4.90 Å². The number of rotatable bonds is 6. The highest BCUT2D eigenvalue weighted by Gasteiger charge is 2.18. The van der Waals surface area contributed by atoms with Crippen LogP contribution in [0.25, 0.3) is 0 Å². The Morgan fingerprint density at radius 3 is 2.48 bits per heavy atom. The molecule has 1 aliphatic heterocycles. The van der Waals surface area contributed by atoms with Crippen LogP contribution in [0.3, 0.4) is 0 Å². The molecule has 0 spiro atoms. The van der Waals surface area contributed by atoms with Crippen molar-refractivity contribution in [2.75, 3.05) is 25.0 Å². The van der Waals surface area contributed by atoms with E-state index in [2.05, 4.69) is 12.2 Å². The van der Waals surface area contributed by atoms with Crippen LogP contribution in [0.15, 0.2) is 48.5 Å². The smallest absolute Gasteiger partial charge is 0.262 e. The Morgan fingerprint density at radius 2 is 1.78 bits per heavy atom. The summed E-state index contributed by atoms with van der Waals surface area (Å²) in [6, 6.07) is 14.8. The summed E-state index contributed by atoms with van der Waals surface area (Å²) >= 11 is 0. The second-order valence-electron chi connectivity index (χ2n) is 6.77. The fourth-order valence-electron chi connectivity index (χ4n) is 3.18. The summed E-state index contributed by atoms with van der Waals surface area (Å²) in [4.78, 5) is 26.6. The van der Waals surface area contributed by atoms with E-state index in [0.29, 0.717) is 17.0 Å². The van der Waals surface area contributed by atoms with Gasteiger partial charge in [0.05, 0.1) is 0 Å². The first kappa shape index (κ1) is 19.0. The van der Waals surface area contributed by atoms with Crippen LogP contribution in [0.2, 0.25) is 0 Å². The van der Waals surface area contributed by atoms with Crippen LogP contribution in [0.1, 0.15) is 42.1 Å². The van der Waals surface area contributed by atoms with Gasteiger partial charge in [0.25, 0.3) is 11.8 Å². The normalized spacial score (nSPS) is 13.9. The monoisotopic (exact) mass is 366 g/mol. The third-order valence-electron chi connectivity index (χ3n) is 4.74. The number of aryl methyl sites for hydroxylation is 1. The zero-order valence-corrected chi connectivity index (χ0v) is 15.7. The first-order valence-electron chi connectivity index (χ1n) is 9.56. The van der Waals surface area contributed by atoms with E-state index in [9.17, 15) is 9.59 Å². The molecular formula is C22H26N2O3. The van der Waals surface area contributed by atoms with Gasteiger partial charge in [0, 0.05) is 24.3 Å². The van der Waals surface area contributed by atoms with E-state index < -0.39 is 0 Å². The number of likely N-dealkylation sites (tertiary alicyclic amines) is 1. The Hall–Kier alpha value is -2.82. The Bertz CT molecular complexity index is 780. The summed E-state index contributed by atoms with van der Waals surface area (Å²) in [7, 11) is 0. The molecule has 5 nitrogen and oxygen atoms in total. The lowest BCUT2D eigenvalue weighted by Gasteiger charge is -2.26. The number of anilines is 1. The Morgan fingerprint density at radius 1 is 1.04 bits per heavy atom. The molecule has 1 fully saturated rings. The van der Waals surface area contributed by atoms with Gasteiger partial charge < -0.3 is 15.0 Å². The summed E-state index contributed by atoms with van der Waals surface area (Å²) in [6.45, 7) is 3.63. The van der Waals surface area contributed by atoms with Crippen LogP contribution >= 0.6 is 0 Å². The third kappa shape index (κ3) is 5.33. The number of ether oxygens (including phenoxy) is 1. The number of hydrogen-bond donors (Lipinski definition) is 1. The average molecular weight is 366 g/mol. The molecular weight excluding hydrogens is 340 g/mol. The summed E-state index contributed by atoms with van der Waals surface area (Å²) in [5.74, 6) is 0.437. The molecule has 1 aliphatic rings. The van der Waals surface area contributed by atoms with Gasteiger partial charge in [-0.05, 0) is 61.6 Å². The number of hydrogen-bond acceptors (Lipinski definition) is 3. The highest BCUT2D eigenvalue weighted by atomic mass is 16.5. The molecule has 1 heterocycles. The Balaban J connectivity index is 1.55. The predicted molar refractivity (Wildman–Crippen MR) is 106 cm³/mol. The van der Waals surface area contributed by atoms with E-state index in [1.54, 1.807) is 24.3 Å². The summed E-state index contributed by atoms with van der Waals surface area (Å²) in [6.07, 6.45) is 4.26. The third-order valence-corrected chi connectivity index (χ3v) is 4.74. The molecule has 2 aromatic carbocycles. The maximum atomic E-state index is 12.6. The zero-order chi connectivity index (χ0) is 19.1. The number of benzene rings is 2. The summed E-state index contributed by atoms with van der Waals surface area (Å²) in [5.41, 5.74) is 2.43. The lowest BCUT2D eigenvalue weighted by Crippen LogP contribution is -2.35. The molecule has 0 saturated carbocycles. The zero-order valence-electron chi connectivity index (χ0n) is 15.7. The number of nitrogens with zero attached hydrogens (tertiary/aromatic N) is 1. The van der Waals surface area contributed by atoms with Crippen molar-refractivity contribution in [2.45, 2.75) is 32.6 Å². The van der Waals surface area contributed by atoms with Crippen LogP contribution in [0, 0.1) is 0 Å². The maximum Gasteiger partial charge on any atom is 0.262 e. The van der Waals surface area contributed by atoms with Gasteiger partial charge in [-0.15, -0.1) is 0 Å². The molecule has 0 aromatic heterocycles. The molecule has 0 unspecified atom stereocenters. The quantitative estimate of drug-likeness (QED) is 0.844. The first-order chi connectivity index (χ1) is 13.2. The largest absolute Gasteiger partial charge is 0.484 e. The summed E-state index contributed by atoms with van der Waals surface area (Å²) < 4.78 is 5.53. The van der Waals surface area contributed by atoms with Gasteiger partial charge >= 0.3 is 0 Å². The number of piperidine rings is 1. The van der Waals surface area contributed by atoms with Crippen molar-refractivity contribution >= 4 is 17.5 Å². The van der Waals surface area contributed by atoms with E-state index >= 15 is 0 Å². The van der Waals surface area contributed by atoms with Crippen LogP contribution in [-0.2, 0) is 11.2 Å². The van der Waals surface area contributed by atoms with Gasteiger partial charge in [0.1, 0.15) is 5.75 Å². The molecule has 0 atom stereocenters. The fraction of sp³-hybridized carbons (Fsp3) is 0.364. The Kier molecular flexibility index (Phi) is 6.47. The molecule has 0 aliphatic carbocycles. The van der Waals surface area contributed by atoms with Crippen LogP contribution in [0.5, 0.6) is 5.75 Å². The van der Waals surface area contributed by atoms with Crippen molar-refractivity contribution in [3.05, 3.63) is 59.7 Å². The molecule has 142 valence electrons. The maximum absolute atomic E-state index is 12.6. The molecule has 2 amide bonds. The van der Waals surface area contributed by atoms with Gasteiger partial charge in [-0.1, -0.05) is 25.1 Å². The van der Waals surface area contributed by atoms with Crippen molar-refractivity contribution in [3.8, 4) is 5.75 Å². The lowest BCUT2D eigenvalue weighted by atomic mass is 10.1.